The number of nitrogens with one attached hydrogen (secondary N) is 1. The number of aromatic nitrogens is 2. The van der Waals surface area contributed by atoms with Crippen LogP contribution in [-0.4, -0.2) is 9.97 Å². The van der Waals surface area contributed by atoms with Crippen molar-refractivity contribution in [3.05, 3.63) is 22.5 Å². The average Bonchev–Trinajstić information content (AvgIpc) is 1.88. The first-order chi connectivity index (χ1) is 4.83. The molecular weight excluding hydrogens is 156 g/mol. The summed E-state index contributed by atoms with van der Waals surface area (Å²) in [5.74, 6) is 0.238. The van der Waals surface area contributed by atoms with Gasteiger partial charge in [0.1, 0.15) is 5.15 Å². The Balaban J connectivity index is 2.84. The van der Waals surface area contributed by atoms with E-state index in [1.807, 2.05) is 0 Å². The van der Waals surface area contributed by atoms with Crippen LogP contribution in [0.3, 0.4) is 0 Å². The second-order valence-corrected chi connectivity index (χ2v) is 1.82. The maximum Gasteiger partial charge on any atom is 0.169 e. The third kappa shape index (κ3) is 1.63. The average molecular weight is 159 g/mol. The van der Waals surface area contributed by atoms with Crippen molar-refractivity contribution in [3.63, 3.8) is 0 Å². The highest BCUT2D eigenvalue weighted by Crippen LogP contribution is 2.05. The molecule has 1 rings (SSSR count). The van der Waals surface area contributed by atoms with Gasteiger partial charge in [0.15, 0.2) is 5.82 Å². The monoisotopic (exact) mass is 158 g/mol. The van der Waals surface area contributed by atoms with Gasteiger partial charge in [-0.05, 0) is 0 Å². The maximum atomic E-state index is 9.61. The van der Waals surface area contributed by atoms with Crippen molar-refractivity contribution < 1.29 is 0 Å². The smallest absolute Gasteiger partial charge is 0.169 e. The zero-order valence-electron chi connectivity index (χ0n) is 4.78. The van der Waals surface area contributed by atoms with Crippen molar-refractivity contribution in [2.45, 2.75) is 0 Å². The molecular formula is C4H3ClN4O. The van der Waals surface area contributed by atoms with E-state index in [1.54, 1.807) is 0 Å². The summed E-state index contributed by atoms with van der Waals surface area (Å²) in [5.41, 5.74) is 2.06. The van der Waals surface area contributed by atoms with Crippen LogP contribution in [-0.2, 0) is 0 Å². The third-order valence-electron chi connectivity index (χ3n) is 0.765. The predicted octanol–water partition coefficient (Wildman–Crippen LogP) is 1.22. The number of hydrogen-bond acceptors (Lipinski definition) is 4. The van der Waals surface area contributed by atoms with Gasteiger partial charge in [0.2, 0.25) is 0 Å². The quantitative estimate of drug-likeness (QED) is 0.519. The van der Waals surface area contributed by atoms with Gasteiger partial charge in [-0.2, -0.15) is 0 Å². The predicted molar refractivity (Wildman–Crippen MR) is 36.5 cm³/mol. The summed E-state index contributed by atoms with van der Waals surface area (Å²) >= 11 is 5.42. The molecule has 1 heterocycles. The maximum absolute atomic E-state index is 9.61. The molecule has 0 fully saturated rings. The highest BCUT2D eigenvalue weighted by molar-refractivity contribution is 6.29. The lowest BCUT2D eigenvalue weighted by molar-refractivity contribution is 1.15. The number of nitroso groups, excluding NO2 is 1. The van der Waals surface area contributed by atoms with Crippen LogP contribution < -0.4 is 5.43 Å². The molecule has 0 aliphatic carbocycles. The molecule has 10 heavy (non-hydrogen) atoms. The number of hydrogen-bond donors (Lipinski definition) is 1. The topological polar surface area (TPSA) is 67.2 Å². The fourth-order valence-electron chi connectivity index (χ4n) is 0.443. The van der Waals surface area contributed by atoms with Crippen LogP contribution in [0.5, 0.6) is 0 Å². The molecule has 0 atom stereocenters. The highest BCUT2D eigenvalue weighted by Gasteiger charge is 1.92. The van der Waals surface area contributed by atoms with E-state index in [-0.39, 0.29) is 11.0 Å². The normalized spacial score (nSPS) is 8.90. The van der Waals surface area contributed by atoms with E-state index in [2.05, 4.69) is 20.7 Å². The third-order valence-corrected chi connectivity index (χ3v) is 0.947. The van der Waals surface area contributed by atoms with E-state index in [0.29, 0.717) is 0 Å². The van der Waals surface area contributed by atoms with Gasteiger partial charge in [-0.25, -0.2) is 10.4 Å². The molecule has 0 unspecified atom stereocenters. The molecule has 0 saturated heterocycles. The van der Waals surface area contributed by atoms with Gasteiger partial charge >= 0.3 is 0 Å². The standard InChI is InChI=1S/C4H3ClN4O/c5-3-1-6-2-4(7-3)8-9-10/h1-2H,(H,7,8,10). The minimum Gasteiger partial charge on any atom is -0.258 e. The van der Waals surface area contributed by atoms with Crippen LogP contribution in [0.4, 0.5) is 5.82 Å². The molecule has 0 radical (unpaired) electrons. The van der Waals surface area contributed by atoms with E-state index in [9.17, 15) is 4.91 Å². The fraction of sp³-hybridized carbons (Fsp3) is 0. The molecule has 0 amide bonds. The van der Waals surface area contributed by atoms with E-state index in [1.165, 1.54) is 12.4 Å². The first-order valence-electron chi connectivity index (χ1n) is 2.39. The van der Waals surface area contributed by atoms with Crippen LogP contribution in [0.1, 0.15) is 0 Å². The molecule has 6 heteroatoms. The van der Waals surface area contributed by atoms with Gasteiger partial charge in [0.25, 0.3) is 0 Å². The van der Waals surface area contributed by atoms with Crippen molar-refractivity contribution in [1.29, 1.82) is 0 Å². The zero-order valence-corrected chi connectivity index (χ0v) is 5.54. The Morgan fingerprint density at radius 2 is 2.40 bits per heavy atom. The minimum absolute atomic E-state index is 0.216. The molecule has 52 valence electrons. The van der Waals surface area contributed by atoms with Gasteiger partial charge in [-0.1, -0.05) is 11.6 Å². The zero-order chi connectivity index (χ0) is 7.40. The van der Waals surface area contributed by atoms with Crippen LogP contribution >= 0.6 is 11.6 Å². The van der Waals surface area contributed by atoms with Crippen LogP contribution in [0, 0.1) is 4.91 Å². The Bertz CT molecular complexity index is 240. The van der Waals surface area contributed by atoms with Crippen molar-refractivity contribution in [1.82, 2.24) is 9.97 Å². The number of nitrogens with zero attached hydrogens (tertiary/aromatic N) is 3. The molecule has 1 N–H and O–H groups in total. The van der Waals surface area contributed by atoms with Crippen LogP contribution in [0.15, 0.2) is 17.7 Å². The first kappa shape index (κ1) is 6.88. The Morgan fingerprint density at radius 1 is 1.60 bits per heavy atom. The summed E-state index contributed by atoms with van der Waals surface area (Å²) < 4.78 is 0. The molecule has 1 aromatic rings. The van der Waals surface area contributed by atoms with Gasteiger partial charge in [-0.3, -0.25) is 4.98 Å². The van der Waals surface area contributed by atoms with Crippen molar-refractivity contribution >= 4 is 17.4 Å². The van der Waals surface area contributed by atoms with Gasteiger partial charge in [-0.15, -0.1) is 4.91 Å². The Morgan fingerprint density at radius 3 is 3.00 bits per heavy atom. The fourth-order valence-corrected chi connectivity index (χ4v) is 0.590. The first-order valence-corrected chi connectivity index (χ1v) is 2.76. The lowest BCUT2D eigenvalue weighted by atomic mass is 10.7. The van der Waals surface area contributed by atoms with Crippen molar-refractivity contribution in [3.8, 4) is 0 Å². The largest absolute Gasteiger partial charge is 0.258 e. The molecule has 0 aliphatic heterocycles. The van der Waals surface area contributed by atoms with Gasteiger partial charge < -0.3 is 0 Å². The van der Waals surface area contributed by atoms with Crippen molar-refractivity contribution in [2.24, 2.45) is 5.29 Å². The lowest BCUT2D eigenvalue weighted by Crippen LogP contribution is -1.90. The SMILES string of the molecule is O=NNc1cncc(Cl)n1. The van der Waals surface area contributed by atoms with E-state index < -0.39 is 0 Å². The molecule has 0 aromatic carbocycles. The molecule has 0 aliphatic rings. The van der Waals surface area contributed by atoms with Gasteiger partial charge in [0.05, 0.1) is 17.7 Å². The second kappa shape index (κ2) is 3.07. The molecule has 5 nitrogen and oxygen atoms in total. The minimum atomic E-state index is 0.216. The van der Waals surface area contributed by atoms with E-state index in [4.69, 9.17) is 11.6 Å². The van der Waals surface area contributed by atoms with Crippen LogP contribution in [0.25, 0.3) is 0 Å². The second-order valence-electron chi connectivity index (χ2n) is 1.43. The molecule has 0 spiro atoms. The summed E-state index contributed by atoms with van der Waals surface area (Å²) in [6.07, 6.45) is 2.70. The molecule has 0 saturated carbocycles. The summed E-state index contributed by atoms with van der Waals surface area (Å²) in [6.45, 7) is 0. The Hall–Kier alpha value is -1.23. The molecule has 0 bridgehead atoms. The number of anilines is 1. The van der Waals surface area contributed by atoms with Crippen molar-refractivity contribution in [2.75, 3.05) is 5.43 Å². The van der Waals surface area contributed by atoms with E-state index in [0.717, 1.165) is 0 Å². The van der Waals surface area contributed by atoms with Gasteiger partial charge in [0, 0.05) is 0 Å². The number of halogens is 1. The summed E-state index contributed by atoms with van der Waals surface area (Å²) in [5, 5.41) is 2.60. The summed E-state index contributed by atoms with van der Waals surface area (Å²) in [4.78, 5) is 16.9. The van der Waals surface area contributed by atoms with Crippen LogP contribution in [0.2, 0.25) is 5.15 Å². The lowest BCUT2D eigenvalue weighted by Gasteiger charge is -1.92. The number of rotatable bonds is 2. The molecule has 1 aromatic heterocycles. The Labute approximate surface area is 61.4 Å². The Kier molecular flexibility index (Phi) is 2.11. The summed E-state index contributed by atoms with van der Waals surface area (Å²) in [6, 6.07) is 0. The summed E-state index contributed by atoms with van der Waals surface area (Å²) in [7, 11) is 0. The van der Waals surface area contributed by atoms with E-state index >= 15 is 0 Å². The highest BCUT2D eigenvalue weighted by atomic mass is 35.5.